The molecule has 0 aliphatic rings. The lowest BCUT2D eigenvalue weighted by Gasteiger charge is -2.10. The smallest absolute Gasteiger partial charge is 0.465 e. The van der Waals surface area contributed by atoms with Crippen molar-refractivity contribution in [2.24, 2.45) is 0 Å². The van der Waals surface area contributed by atoms with Crippen LogP contribution in [0.2, 0.25) is 0 Å². The zero-order chi connectivity index (χ0) is 16.1. The molecule has 1 rings (SSSR count). The average Bonchev–Trinajstić information content (AvgIpc) is 2.33. The van der Waals surface area contributed by atoms with E-state index >= 15 is 0 Å². The van der Waals surface area contributed by atoms with Gasteiger partial charge in [-0.2, -0.15) is 21.6 Å². The quantitative estimate of drug-likeness (QED) is 0.474. The fourth-order valence-electron chi connectivity index (χ4n) is 1.41. The van der Waals surface area contributed by atoms with Crippen LogP contribution in [0.5, 0.6) is 5.75 Å². The second-order valence-corrected chi connectivity index (χ2v) is 5.50. The summed E-state index contributed by atoms with van der Waals surface area (Å²) >= 11 is 0. The molecule has 1 aromatic carbocycles. The minimum absolute atomic E-state index is 0.168. The average molecular weight is 327 g/mol. The Balaban J connectivity index is 2.67. The van der Waals surface area contributed by atoms with E-state index in [1.54, 1.807) is 6.07 Å². The predicted octanol–water partition coefficient (Wildman–Crippen LogP) is 2.12. The monoisotopic (exact) mass is 327 g/mol. The summed E-state index contributed by atoms with van der Waals surface area (Å²) in [7, 11) is -5.69. The highest BCUT2D eigenvalue weighted by Gasteiger charge is 2.48. The van der Waals surface area contributed by atoms with Crippen LogP contribution in [0.1, 0.15) is 12.0 Å². The number of alkyl halides is 3. The molecule has 0 saturated heterocycles. The Morgan fingerprint density at radius 3 is 2.57 bits per heavy atom. The van der Waals surface area contributed by atoms with Crippen LogP contribution in [0.25, 0.3) is 0 Å². The van der Waals surface area contributed by atoms with E-state index in [1.807, 2.05) is 0 Å². The first-order valence-corrected chi connectivity index (χ1v) is 7.09. The molecule has 6 nitrogen and oxygen atoms in total. The fraction of sp³-hybridized carbons (Fsp3) is 0.364. The van der Waals surface area contributed by atoms with Crippen molar-refractivity contribution in [3.05, 3.63) is 29.8 Å². The number of hydrogen-bond acceptors (Lipinski definition) is 4. The van der Waals surface area contributed by atoms with Crippen molar-refractivity contribution in [1.82, 2.24) is 5.32 Å². The van der Waals surface area contributed by atoms with Crippen LogP contribution in [0.4, 0.5) is 18.0 Å². The number of benzene rings is 1. The van der Waals surface area contributed by atoms with Crippen LogP contribution in [-0.4, -0.2) is 31.7 Å². The molecular weight excluding hydrogens is 315 g/mol. The van der Waals surface area contributed by atoms with Gasteiger partial charge in [0.1, 0.15) is 5.75 Å². The number of carbonyl (C=O) groups is 1. The van der Waals surface area contributed by atoms with Gasteiger partial charge in [0, 0.05) is 6.54 Å². The maximum absolute atomic E-state index is 12.2. The first-order valence-electron chi connectivity index (χ1n) is 5.68. The van der Waals surface area contributed by atoms with Crippen LogP contribution < -0.4 is 9.50 Å². The Morgan fingerprint density at radius 2 is 2.00 bits per heavy atom. The van der Waals surface area contributed by atoms with Gasteiger partial charge in [0.2, 0.25) is 0 Å². The highest BCUT2D eigenvalue weighted by atomic mass is 32.2. The first kappa shape index (κ1) is 17.1. The van der Waals surface area contributed by atoms with Gasteiger partial charge < -0.3 is 14.6 Å². The minimum Gasteiger partial charge on any atom is -0.465 e. The van der Waals surface area contributed by atoms with E-state index in [9.17, 15) is 26.4 Å². The molecule has 21 heavy (non-hydrogen) atoms. The van der Waals surface area contributed by atoms with Gasteiger partial charge in [-0.05, 0) is 30.5 Å². The van der Waals surface area contributed by atoms with Gasteiger partial charge in [-0.25, -0.2) is 4.79 Å². The lowest BCUT2D eigenvalue weighted by atomic mass is 10.1. The minimum atomic E-state index is -5.69. The summed E-state index contributed by atoms with van der Waals surface area (Å²) < 4.78 is 62.2. The summed E-state index contributed by atoms with van der Waals surface area (Å²) in [6, 6.07) is 5.15. The van der Waals surface area contributed by atoms with E-state index in [-0.39, 0.29) is 6.54 Å². The zero-order valence-corrected chi connectivity index (χ0v) is 11.4. The Labute approximate surface area is 118 Å². The van der Waals surface area contributed by atoms with E-state index < -0.39 is 27.5 Å². The molecule has 0 bridgehead atoms. The lowest BCUT2D eigenvalue weighted by Crippen LogP contribution is -2.28. The van der Waals surface area contributed by atoms with Crippen molar-refractivity contribution < 1.29 is 35.7 Å². The molecule has 0 saturated carbocycles. The van der Waals surface area contributed by atoms with Gasteiger partial charge in [0.05, 0.1) is 0 Å². The molecule has 0 atom stereocenters. The number of nitrogens with one attached hydrogen (secondary N) is 1. The number of aryl methyl sites for hydroxylation is 1. The van der Waals surface area contributed by atoms with Crippen molar-refractivity contribution in [3.8, 4) is 5.75 Å². The topological polar surface area (TPSA) is 92.7 Å². The van der Waals surface area contributed by atoms with Crippen LogP contribution >= 0.6 is 0 Å². The Kier molecular flexibility index (Phi) is 5.41. The van der Waals surface area contributed by atoms with Crippen molar-refractivity contribution in [1.29, 1.82) is 0 Å². The number of halogens is 3. The summed E-state index contributed by atoms with van der Waals surface area (Å²) in [6.07, 6.45) is -0.422. The lowest BCUT2D eigenvalue weighted by molar-refractivity contribution is -0.0500. The number of amides is 1. The van der Waals surface area contributed by atoms with Gasteiger partial charge in [-0.3, -0.25) is 0 Å². The fourth-order valence-corrected chi connectivity index (χ4v) is 1.87. The summed E-state index contributed by atoms with van der Waals surface area (Å²) in [5, 5.41) is 10.5. The third kappa shape index (κ3) is 5.50. The third-order valence-corrected chi connectivity index (χ3v) is 3.29. The standard InChI is InChI=1S/C11H12F3NO5S/c12-11(13,14)21(18,19)20-9-5-1-3-8(7-9)4-2-6-15-10(16)17/h1,3,5,7,15H,2,4,6H2,(H,16,17). The third-order valence-electron chi connectivity index (χ3n) is 2.31. The van der Waals surface area contributed by atoms with Crippen molar-refractivity contribution >= 4 is 16.2 Å². The van der Waals surface area contributed by atoms with Crippen LogP contribution in [0.15, 0.2) is 24.3 Å². The normalized spacial score (nSPS) is 12.0. The van der Waals surface area contributed by atoms with Gasteiger partial charge in [0.25, 0.3) is 0 Å². The van der Waals surface area contributed by atoms with E-state index in [1.165, 1.54) is 6.07 Å². The number of carboxylic acid groups (broad SMARTS) is 1. The maximum atomic E-state index is 12.2. The van der Waals surface area contributed by atoms with E-state index in [2.05, 4.69) is 9.50 Å². The molecule has 2 N–H and O–H groups in total. The van der Waals surface area contributed by atoms with E-state index in [0.717, 1.165) is 12.1 Å². The molecule has 0 aliphatic carbocycles. The Bertz CT molecular complexity index is 600. The second kappa shape index (κ2) is 6.66. The highest BCUT2D eigenvalue weighted by molar-refractivity contribution is 7.87. The largest absolute Gasteiger partial charge is 0.534 e. The second-order valence-electron chi connectivity index (χ2n) is 3.97. The van der Waals surface area contributed by atoms with Crippen LogP contribution in [0.3, 0.4) is 0 Å². The number of hydrogen-bond donors (Lipinski definition) is 2. The van der Waals surface area contributed by atoms with Gasteiger partial charge in [0.15, 0.2) is 0 Å². The number of rotatable bonds is 6. The molecule has 0 spiro atoms. The molecule has 0 aromatic heterocycles. The summed E-state index contributed by atoms with van der Waals surface area (Å²) in [6.45, 7) is 0.168. The predicted molar refractivity (Wildman–Crippen MR) is 66.4 cm³/mol. The molecule has 0 heterocycles. The molecule has 10 heteroatoms. The summed E-state index contributed by atoms with van der Waals surface area (Å²) in [5.74, 6) is -0.448. The first-order chi connectivity index (χ1) is 9.62. The van der Waals surface area contributed by atoms with Crippen LogP contribution in [-0.2, 0) is 16.5 Å². The molecule has 0 fully saturated rings. The Morgan fingerprint density at radius 1 is 1.33 bits per heavy atom. The molecule has 1 amide bonds. The molecular formula is C11H12F3NO5S. The van der Waals surface area contributed by atoms with Gasteiger partial charge in [-0.15, -0.1) is 0 Å². The van der Waals surface area contributed by atoms with Crippen molar-refractivity contribution in [2.75, 3.05) is 6.54 Å². The van der Waals surface area contributed by atoms with Crippen LogP contribution in [0, 0.1) is 0 Å². The molecule has 1 aromatic rings. The molecule has 0 aliphatic heterocycles. The zero-order valence-electron chi connectivity index (χ0n) is 10.6. The van der Waals surface area contributed by atoms with E-state index in [4.69, 9.17) is 5.11 Å². The summed E-state index contributed by atoms with van der Waals surface area (Å²) in [4.78, 5) is 10.2. The van der Waals surface area contributed by atoms with Crippen molar-refractivity contribution in [2.45, 2.75) is 18.3 Å². The molecule has 0 radical (unpaired) electrons. The van der Waals surface area contributed by atoms with Gasteiger partial charge in [-0.1, -0.05) is 12.1 Å². The molecule has 118 valence electrons. The maximum Gasteiger partial charge on any atom is 0.534 e. The van der Waals surface area contributed by atoms with Crippen molar-refractivity contribution in [3.63, 3.8) is 0 Å². The summed E-state index contributed by atoms with van der Waals surface area (Å²) in [5.41, 5.74) is -4.97. The SMILES string of the molecule is O=C(O)NCCCc1cccc(OS(=O)(=O)C(F)(F)F)c1. The Hall–Kier alpha value is -1.97. The van der Waals surface area contributed by atoms with Gasteiger partial charge >= 0.3 is 21.7 Å². The van der Waals surface area contributed by atoms with E-state index in [0.29, 0.717) is 18.4 Å². The highest BCUT2D eigenvalue weighted by Crippen LogP contribution is 2.27. The molecule has 0 unspecified atom stereocenters.